The monoisotopic (exact) mass is 518 g/mol. The molecule has 3 aromatic rings. The molecule has 2 saturated heterocycles. The van der Waals surface area contributed by atoms with E-state index in [1.807, 2.05) is 25.1 Å². The van der Waals surface area contributed by atoms with Gasteiger partial charge in [0.05, 0.1) is 21.2 Å². The Hall–Kier alpha value is -1.98. The first-order valence-corrected chi connectivity index (χ1v) is 14.7. The van der Waals surface area contributed by atoms with E-state index in [9.17, 15) is 8.42 Å². The zero-order chi connectivity index (χ0) is 24.4. The number of thiazole rings is 1. The highest BCUT2D eigenvalue weighted by molar-refractivity contribution is 7.89. The third kappa shape index (κ3) is 5.41. The molecule has 8 nitrogen and oxygen atoms in total. The number of aryl methyl sites for hydroxylation is 1. The average molecular weight is 519 g/mol. The standard InChI is InChI=1S/C25H34N4O4S2/c1-18-5-7-23(33-18)21(11-16-32-2)26-25-27-22-17-20(6-8-24(22)34-25)35(30,31)29-14-9-19(10-15-29)28-12-3-4-13-28/h5-8,17,19,21H,3-4,9-16H2,1-2H3,(H,26,27). The summed E-state index contributed by atoms with van der Waals surface area (Å²) in [5, 5.41) is 4.19. The molecule has 0 aliphatic carbocycles. The van der Waals surface area contributed by atoms with E-state index in [-0.39, 0.29) is 6.04 Å². The van der Waals surface area contributed by atoms with Crippen molar-refractivity contribution >= 4 is 36.7 Å². The minimum atomic E-state index is -3.54. The largest absolute Gasteiger partial charge is 0.464 e. The van der Waals surface area contributed by atoms with Gasteiger partial charge in [0, 0.05) is 32.8 Å². The summed E-state index contributed by atoms with van der Waals surface area (Å²) in [6.45, 7) is 5.97. The molecule has 2 aliphatic rings. The summed E-state index contributed by atoms with van der Waals surface area (Å²) in [7, 11) is -1.86. The smallest absolute Gasteiger partial charge is 0.243 e. The number of furan rings is 1. The Bertz CT molecular complexity index is 1240. The molecule has 0 bridgehead atoms. The van der Waals surface area contributed by atoms with Crippen LogP contribution in [0.1, 0.15) is 49.7 Å². The van der Waals surface area contributed by atoms with Crippen LogP contribution in [-0.2, 0) is 14.8 Å². The van der Waals surface area contributed by atoms with Gasteiger partial charge in [-0.25, -0.2) is 13.4 Å². The lowest BCUT2D eigenvalue weighted by Crippen LogP contribution is -2.45. The number of ether oxygens (including phenoxy) is 1. The molecule has 1 N–H and O–H groups in total. The van der Waals surface area contributed by atoms with Gasteiger partial charge in [-0.05, 0) is 82.4 Å². The van der Waals surface area contributed by atoms with Crippen molar-refractivity contribution < 1.29 is 17.6 Å². The maximum Gasteiger partial charge on any atom is 0.243 e. The Morgan fingerprint density at radius 1 is 1.17 bits per heavy atom. The molecule has 2 fully saturated rings. The van der Waals surface area contributed by atoms with E-state index in [0.717, 1.165) is 53.7 Å². The van der Waals surface area contributed by atoms with Crippen LogP contribution in [0.3, 0.4) is 0 Å². The van der Waals surface area contributed by atoms with Crippen molar-refractivity contribution in [2.24, 2.45) is 0 Å². The minimum absolute atomic E-state index is 0.0793. The topological polar surface area (TPSA) is 87.9 Å². The van der Waals surface area contributed by atoms with Gasteiger partial charge in [-0.3, -0.25) is 0 Å². The van der Waals surface area contributed by atoms with Crippen LogP contribution in [0, 0.1) is 6.92 Å². The third-order valence-corrected chi connectivity index (χ3v) is 9.95. The number of rotatable bonds is 9. The fourth-order valence-corrected chi connectivity index (χ4v) is 7.53. The van der Waals surface area contributed by atoms with E-state index in [0.29, 0.717) is 36.2 Å². The van der Waals surface area contributed by atoms with E-state index >= 15 is 0 Å². The number of aromatic nitrogens is 1. The molecule has 0 amide bonds. The average Bonchev–Trinajstić information content (AvgIpc) is 3.62. The maximum absolute atomic E-state index is 13.4. The first kappa shape index (κ1) is 24.7. The second kappa shape index (κ2) is 10.6. The quantitative estimate of drug-likeness (QED) is 0.442. The Balaban J connectivity index is 1.30. The van der Waals surface area contributed by atoms with Gasteiger partial charge in [0.25, 0.3) is 0 Å². The number of sulfonamides is 1. The predicted molar refractivity (Wildman–Crippen MR) is 139 cm³/mol. The van der Waals surface area contributed by atoms with E-state index in [1.54, 1.807) is 23.5 Å². The summed E-state index contributed by atoms with van der Waals surface area (Å²) in [5.74, 6) is 1.69. The minimum Gasteiger partial charge on any atom is -0.464 e. The van der Waals surface area contributed by atoms with Crippen LogP contribution >= 0.6 is 11.3 Å². The highest BCUT2D eigenvalue weighted by atomic mass is 32.2. The molecule has 2 aromatic heterocycles. The fraction of sp³-hybridized carbons (Fsp3) is 0.560. The molecule has 35 heavy (non-hydrogen) atoms. The van der Waals surface area contributed by atoms with Crippen molar-refractivity contribution in [2.45, 2.75) is 56.0 Å². The summed E-state index contributed by atoms with van der Waals surface area (Å²) in [5.41, 5.74) is 0.687. The number of piperidine rings is 1. The lowest BCUT2D eigenvalue weighted by molar-refractivity contribution is 0.168. The highest BCUT2D eigenvalue weighted by Gasteiger charge is 2.32. The molecule has 5 rings (SSSR count). The first-order chi connectivity index (χ1) is 16.9. The number of nitrogens with zero attached hydrogens (tertiary/aromatic N) is 3. The zero-order valence-corrected chi connectivity index (χ0v) is 22.0. The van der Waals surface area contributed by atoms with Crippen LogP contribution in [0.25, 0.3) is 10.2 Å². The fourth-order valence-electron chi connectivity index (χ4n) is 5.14. The van der Waals surface area contributed by atoms with Crippen LogP contribution in [0.15, 0.2) is 39.6 Å². The lowest BCUT2D eigenvalue weighted by atomic mass is 10.1. The van der Waals surface area contributed by atoms with Crippen LogP contribution in [0.2, 0.25) is 0 Å². The van der Waals surface area contributed by atoms with Gasteiger partial charge < -0.3 is 19.4 Å². The normalized spacial score (nSPS) is 19.5. The summed E-state index contributed by atoms with van der Waals surface area (Å²) in [6.07, 6.45) is 5.06. The van der Waals surface area contributed by atoms with Crippen LogP contribution in [0.4, 0.5) is 5.13 Å². The second-order valence-corrected chi connectivity index (χ2v) is 12.4. The molecule has 1 unspecified atom stereocenters. The number of anilines is 1. The second-order valence-electron chi connectivity index (χ2n) is 9.45. The number of hydrogen-bond donors (Lipinski definition) is 1. The number of methoxy groups -OCH3 is 1. The van der Waals surface area contributed by atoms with Gasteiger partial charge in [0.1, 0.15) is 11.5 Å². The molecule has 2 aliphatic heterocycles. The molecule has 1 aromatic carbocycles. The van der Waals surface area contributed by atoms with Crippen molar-refractivity contribution in [1.82, 2.24) is 14.2 Å². The number of benzene rings is 1. The summed E-state index contributed by atoms with van der Waals surface area (Å²) in [4.78, 5) is 7.56. The molecule has 0 saturated carbocycles. The molecule has 10 heteroatoms. The molecule has 0 radical (unpaired) electrons. The highest BCUT2D eigenvalue weighted by Crippen LogP contribution is 2.33. The van der Waals surface area contributed by atoms with Crippen LogP contribution < -0.4 is 5.32 Å². The van der Waals surface area contributed by atoms with E-state index in [1.165, 1.54) is 24.2 Å². The molecule has 4 heterocycles. The zero-order valence-electron chi connectivity index (χ0n) is 20.4. The maximum atomic E-state index is 13.4. The number of likely N-dealkylation sites (tertiary alicyclic amines) is 1. The van der Waals surface area contributed by atoms with Gasteiger partial charge in [-0.15, -0.1) is 0 Å². The van der Waals surface area contributed by atoms with Gasteiger partial charge in [-0.1, -0.05) is 11.3 Å². The van der Waals surface area contributed by atoms with E-state index < -0.39 is 10.0 Å². The molecular weight excluding hydrogens is 484 g/mol. The Morgan fingerprint density at radius 2 is 1.94 bits per heavy atom. The van der Waals surface area contributed by atoms with Crippen LogP contribution in [0.5, 0.6) is 0 Å². The Kier molecular flexibility index (Phi) is 7.45. The lowest BCUT2D eigenvalue weighted by Gasteiger charge is -2.36. The number of fused-ring (bicyclic) bond motifs is 1. The van der Waals surface area contributed by atoms with Crippen molar-refractivity contribution in [2.75, 3.05) is 45.2 Å². The van der Waals surface area contributed by atoms with E-state index in [4.69, 9.17) is 14.1 Å². The summed E-state index contributed by atoms with van der Waals surface area (Å²) in [6, 6.07) is 9.63. The molecule has 190 valence electrons. The first-order valence-electron chi connectivity index (χ1n) is 12.4. The number of nitrogens with one attached hydrogen (secondary N) is 1. The van der Waals surface area contributed by atoms with E-state index in [2.05, 4.69) is 10.2 Å². The van der Waals surface area contributed by atoms with Gasteiger partial charge in [-0.2, -0.15) is 4.31 Å². The summed E-state index contributed by atoms with van der Waals surface area (Å²) >= 11 is 1.51. The Morgan fingerprint density at radius 3 is 2.63 bits per heavy atom. The number of hydrogen-bond acceptors (Lipinski definition) is 8. The van der Waals surface area contributed by atoms with Crippen molar-refractivity contribution in [3.05, 3.63) is 41.9 Å². The van der Waals surface area contributed by atoms with Gasteiger partial charge >= 0.3 is 0 Å². The Labute approximate surface area is 211 Å². The predicted octanol–water partition coefficient (Wildman–Crippen LogP) is 4.64. The summed E-state index contributed by atoms with van der Waals surface area (Å²) < 4.78 is 40.5. The third-order valence-electron chi connectivity index (χ3n) is 7.09. The molecule has 1 atom stereocenters. The van der Waals surface area contributed by atoms with Crippen molar-refractivity contribution in [3.63, 3.8) is 0 Å². The van der Waals surface area contributed by atoms with Crippen molar-refractivity contribution in [1.29, 1.82) is 0 Å². The van der Waals surface area contributed by atoms with Crippen LogP contribution in [-0.4, -0.2) is 68.5 Å². The van der Waals surface area contributed by atoms with Gasteiger partial charge in [0.2, 0.25) is 10.0 Å². The van der Waals surface area contributed by atoms with Gasteiger partial charge in [0.15, 0.2) is 5.13 Å². The molecular formula is C25H34N4O4S2. The SMILES string of the molecule is COCCC(Nc1nc2cc(S(=O)(=O)N3CCC(N4CCCC4)CC3)ccc2s1)c1ccc(C)o1. The van der Waals surface area contributed by atoms with Crippen molar-refractivity contribution in [3.8, 4) is 0 Å². The molecule has 0 spiro atoms.